The van der Waals surface area contributed by atoms with Gasteiger partial charge in [-0.1, -0.05) is 18.2 Å². The first kappa shape index (κ1) is 13.8. The minimum Gasteiger partial charge on any atom is -0.454 e. The summed E-state index contributed by atoms with van der Waals surface area (Å²) in [6.07, 6.45) is 1.31. The first-order chi connectivity index (χ1) is 11.2. The number of aliphatic hydroxyl groups excluding tert-OH is 1. The van der Waals surface area contributed by atoms with E-state index in [-0.39, 0.29) is 0 Å². The smallest absolute Gasteiger partial charge is 0.155 e. The SMILES string of the molecule is C[C@H](O)CNc1ccc2ncc(-c3cc4ccccc4o3)n2n1. The van der Waals surface area contributed by atoms with Gasteiger partial charge in [-0.2, -0.15) is 0 Å². The van der Waals surface area contributed by atoms with Gasteiger partial charge in [0.2, 0.25) is 0 Å². The van der Waals surface area contributed by atoms with E-state index in [2.05, 4.69) is 15.4 Å². The van der Waals surface area contributed by atoms with Crippen molar-refractivity contribution in [3.63, 3.8) is 0 Å². The zero-order valence-electron chi connectivity index (χ0n) is 12.6. The average Bonchev–Trinajstić information content (AvgIpc) is 3.15. The quantitative estimate of drug-likeness (QED) is 0.606. The topological polar surface area (TPSA) is 75.6 Å². The highest BCUT2D eigenvalue weighted by molar-refractivity contribution is 5.82. The van der Waals surface area contributed by atoms with Gasteiger partial charge in [-0.3, -0.25) is 0 Å². The van der Waals surface area contributed by atoms with Gasteiger partial charge in [-0.05, 0) is 31.2 Å². The van der Waals surface area contributed by atoms with Crippen molar-refractivity contribution in [2.24, 2.45) is 0 Å². The maximum absolute atomic E-state index is 9.38. The van der Waals surface area contributed by atoms with E-state index >= 15 is 0 Å². The van der Waals surface area contributed by atoms with Crippen LogP contribution in [0.2, 0.25) is 0 Å². The molecular formula is C17H16N4O2. The number of aromatic nitrogens is 3. The summed E-state index contributed by atoms with van der Waals surface area (Å²) in [7, 11) is 0. The lowest BCUT2D eigenvalue weighted by atomic mass is 10.2. The molecule has 3 heterocycles. The normalized spacial score (nSPS) is 12.8. The summed E-state index contributed by atoms with van der Waals surface area (Å²) in [6.45, 7) is 2.16. The number of aliphatic hydroxyl groups is 1. The number of imidazole rings is 1. The van der Waals surface area contributed by atoms with Crippen molar-refractivity contribution in [1.29, 1.82) is 0 Å². The highest BCUT2D eigenvalue weighted by Gasteiger charge is 2.12. The second kappa shape index (κ2) is 5.40. The van der Waals surface area contributed by atoms with Crippen LogP contribution in [0.1, 0.15) is 6.92 Å². The molecule has 0 radical (unpaired) electrons. The van der Waals surface area contributed by atoms with Crippen molar-refractivity contribution in [2.45, 2.75) is 13.0 Å². The van der Waals surface area contributed by atoms with E-state index in [1.165, 1.54) is 0 Å². The van der Waals surface area contributed by atoms with Crippen LogP contribution >= 0.6 is 0 Å². The van der Waals surface area contributed by atoms with Crippen molar-refractivity contribution < 1.29 is 9.52 Å². The Labute approximate surface area is 132 Å². The maximum atomic E-state index is 9.38. The lowest BCUT2D eigenvalue weighted by Crippen LogP contribution is -2.16. The highest BCUT2D eigenvalue weighted by Crippen LogP contribution is 2.28. The molecule has 6 nitrogen and oxygen atoms in total. The first-order valence-corrected chi connectivity index (χ1v) is 7.46. The van der Waals surface area contributed by atoms with Gasteiger partial charge in [0.15, 0.2) is 11.4 Å². The minimum absolute atomic E-state index is 0.438. The molecule has 0 aliphatic carbocycles. The van der Waals surface area contributed by atoms with Crippen molar-refractivity contribution >= 4 is 22.4 Å². The third kappa shape index (κ3) is 2.53. The second-order valence-corrected chi connectivity index (χ2v) is 5.51. The van der Waals surface area contributed by atoms with Gasteiger partial charge in [0, 0.05) is 11.9 Å². The number of para-hydroxylation sites is 1. The molecule has 116 valence electrons. The monoisotopic (exact) mass is 308 g/mol. The highest BCUT2D eigenvalue weighted by atomic mass is 16.3. The zero-order valence-corrected chi connectivity index (χ0v) is 12.6. The van der Waals surface area contributed by atoms with E-state index in [4.69, 9.17) is 4.42 Å². The van der Waals surface area contributed by atoms with Gasteiger partial charge < -0.3 is 14.8 Å². The molecule has 0 unspecified atom stereocenters. The standard InChI is InChI=1S/C17H16N4O2/c1-11(22)9-18-16-6-7-17-19-10-13(21(17)20-16)15-8-12-4-2-3-5-14(12)23-15/h2-8,10-11,22H,9H2,1H3,(H,18,20)/t11-/m0/s1. The molecule has 1 atom stereocenters. The molecule has 0 aliphatic heterocycles. The van der Waals surface area contributed by atoms with Crippen molar-refractivity contribution in [3.05, 3.63) is 48.7 Å². The molecule has 1 aromatic carbocycles. The van der Waals surface area contributed by atoms with Gasteiger partial charge in [0.1, 0.15) is 17.1 Å². The summed E-state index contributed by atoms with van der Waals surface area (Å²) in [5.74, 6) is 1.40. The third-order valence-corrected chi connectivity index (χ3v) is 3.62. The predicted octanol–water partition coefficient (Wildman–Crippen LogP) is 2.94. The van der Waals surface area contributed by atoms with Crippen LogP contribution in [-0.2, 0) is 0 Å². The molecule has 0 spiro atoms. The molecule has 0 amide bonds. The van der Waals surface area contributed by atoms with Crippen LogP contribution in [-0.4, -0.2) is 32.4 Å². The van der Waals surface area contributed by atoms with Crippen LogP contribution in [0.15, 0.2) is 53.1 Å². The summed E-state index contributed by atoms with van der Waals surface area (Å²) >= 11 is 0. The molecule has 23 heavy (non-hydrogen) atoms. The summed E-state index contributed by atoms with van der Waals surface area (Å²) < 4.78 is 7.64. The van der Waals surface area contributed by atoms with E-state index in [0.29, 0.717) is 12.4 Å². The molecule has 0 fully saturated rings. The largest absolute Gasteiger partial charge is 0.454 e. The number of nitrogens with zero attached hydrogens (tertiary/aromatic N) is 3. The maximum Gasteiger partial charge on any atom is 0.155 e. The molecular weight excluding hydrogens is 292 g/mol. The zero-order chi connectivity index (χ0) is 15.8. The Kier molecular flexibility index (Phi) is 3.24. The van der Waals surface area contributed by atoms with Gasteiger partial charge in [-0.15, -0.1) is 5.10 Å². The Morgan fingerprint density at radius 1 is 1.26 bits per heavy atom. The lowest BCUT2D eigenvalue weighted by Gasteiger charge is -2.07. The van der Waals surface area contributed by atoms with E-state index in [1.807, 2.05) is 42.5 Å². The van der Waals surface area contributed by atoms with Crippen molar-refractivity contribution in [2.75, 3.05) is 11.9 Å². The van der Waals surface area contributed by atoms with E-state index in [9.17, 15) is 5.11 Å². The molecule has 0 bridgehead atoms. The summed E-state index contributed by atoms with van der Waals surface area (Å²) in [5, 5.41) is 18.0. The second-order valence-electron chi connectivity index (χ2n) is 5.51. The Hall–Kier alpha value is -2.86. The number of hydrogen-bond donors (Lipinski definition) is 2. The average molecular weight is 308 g/mol. The molecule has 0 saturated heterocycles. The van der Waals surface area contributed by atoms with Crippen LogP contribution in [0.25, 0.3) is 28.1 Å². The molecule has 4 aromatic rings. The predicted molar refractivity (Wildman–Crippen MR) is 88.4 cm³/mol. The summed E-state index contributed by atoms with van der Waals surface area (Å²) in [4.78, 5) is 4.36. The number of fused-ring (bicyclic) bond motifs is 2. The Bertz CT molecular complexity index is 938. The van der Waals surface area contributed by atoms with Gasteiger partial charge in [-0.25, -0.2) is 9.50 Å². The minimum atomic E-state index is -0.440. The molecule has 4 rings (SSSR count). The third-order valence-electron chi connectivity index (χ3n) is 3.62. The Morgan fingerprint density at radius 2 is 2.13 bits per heavy atom. The van der Waals surface area contributed by atoms with Crippen molar-refractivity contribution in [3.8, 4) is 11.5 Å². The lowest BCUT2D eigenvalue weighted by molar-refractivity contribution is 0.208. The number of benzene rings is 1. The fourth-order valence-electron chi connectivity index (χ4n) is 2.50. The number of rotatable bonds is 4. The number of nitrogens with one attached hydrogen (secondary N) is 1. The molecule has 0 saturated carbocycles. The first-order valence-electron chi connectivity index (χ1n) is 7.46. The fourth-order valence-corrected chi connectivity index (χ4v) is 2.50. The van der Waals surface area contributed by atoms with Gasteiger partial charge >= 0.3 is 0 Å². The van der Waals surface area contributed by atoms with E-state index in [1.54, 1.807) is 17.6 Å². The summed E-state index contributed by atoms with van der Waals surface area (Å²) in [5.41, 5.74) is 2.36. The molecule has 2 N–H and O–H groups in total. The molecule has 6 heteroatoms. The van der Waals surface area contributed by atoms with Crippen LogP contribution < -0.4 is 5.32 Å². The Morgan fingerprint density at radius 3 is 2.96 bits per heavy atom. The number of hydrogen-bond acceptors (Lipinski definition) is 5. The van der Waals surface area contributed by atoms with Crippen LogP contribution in [0.3, 0.4) is 0 Å². The summed E-state index contributed by atoms with van der Waals surface area (Å²) in [6, 6.07) is 13.6. The van der Waals surface area contributed by atoms with Crippen molar-refractivity contribution in [1.82, 2.24) is 14.6 Å². The number of anilines is 1. The Balaban J connectivity index is 1.78. The van der Waals surface area contributed by atoms with E-state index in [0.717, 1.165) is 28.1 Å². The van der Waals surface area contributed by atoms with Crippen LogP contribution in [0.5, 0.6) is 0 Å². The van der Waals surface area contributed by atoms with Gasteiger partial charge in [0.25, 0.3) is 0 Å². The van der Waals surface area contributed by atoms with E-state index < -0.39 is 6.10 Å². The van der Waals surface area contributed by atoms with Crippen LogP contribution in [0, 0.1) is 0 Å². The molecule has 0 aliphatic rings. The van der Waals surface area contributed by atoms with Gasteiger partial charge in [0.05, 0.1) is 12.3 Å². The van der Waals surface area contributed by atoms with Crippen LogP contribution in [0.4, 0.5) is 5.82 Å². The molecule has 3 aromatic heterocycles. The fraction of sp³-hybridized carbons (Fsp3) is 0.176. The number of furan rings is 1.